The van der Waals surface area contributed by atoms with Gasteiger partial charge < -0.3 is 18.6 Å². The van der Waals surface area contributed by atoms with Gasteiger partial charge in [-0.1, -0.05) is 0 Å². The number of methoxy groups -OCH3 is 2. The zero-order valence-corrected chi connectivity index (χ0v) is 14.8. The predicted molar refractivity (Wildman–Crippen MR) is 96.0 cm³/mol. The number of carbonyl (C=O) groups is 1. The largest absolute Gasteiger partial charge is 0.493 e. The first-order chi connectivity index (χ1) is 13.0. The topological polar surface area (TPSA) is 75.0 Å². The third-order valence-electron chi connectivity index (χ3n) is 3.98. The van der Waals surface area contributed by atoms with Gasteiger partial charge in [0, 0.05) is 6.42 Å². The Balaban J connectivity index is 1.74. The molecule has 3 aromatic rings. The highest BCUT2D eigenvalue weighted by Gasteiger charge is 2.12. The number of benzene rings is 2. The zero-order chi connectivity index (χ0) is 19.4. The summed E-state index contributed by atoms with van der Waals surface area (Å²) in [6, 6.07) is 9.96. The predicted octanol–water partition coefficient (Wildman–Crippen LogP) is 3.35. The van der Waals surface area contributed by atoms with Crippen molar-refractivity contribution in [2.24, 2.45) is 0 Å². The Hall–Kier alpha value is -3.35. The van der Waals surface area contributed by atoms with Crippen LogP contribution in [0.25, 0.3) is 10.8 Å². The number of ether oxygens (including phenoxy) is 3. The lowest BCUT2D eigenvalue weighted by molar-refractivity contribution is 0.0504. The van der Waals surface area contributed by atoms with Crippen LogP contribution in [0.4, 0.5) is 4.39 Å². The molecular formula is C20H17FO6. The molecule has 1 heterocycles. The number of fused-ring (bicyclic) bond motifs is 1. The third kappa shape index (κ3) is 4.08. The molecule has 2 aromatic carbocycles. The number of hydrogen-bond acceptors (Lipinski definition) is 6. The Morgan fingerprint density at radius 1 is 1.04 bits per heavy atom. The van der Waals surface area contributed by atoms with Crippen molar-refractivity contribution in [1.82, 2.24) is 0 Å². The van der Waals surface area contributed by atoms with Crippen LogP contribution in [0.1, 0.15) is 16.1 Å². The summed E-state index contributed by atoms with van der Waals surface area (Å²) < 4.78 is 33.7. The van der Waals surface area contributed by atoms with E-state index in [0.717, 1.165) is 0 Å². The Kier molecular flexibility index (Phi) is 5.40. The summed E-state index contributed by atoms with van der Waals surface area (Å²) in [5.41, 5.74) is -0.276. The van der Waals surface area contributed by atoms with E-state index in [-0.39, 0.29) is 18.6 Å². The van der Waals surface area contributed by atoms with Crippen molar-refractivity contribution in [2.75, 3.05) is 20.8 Å². The summed E-state index contributed by atoms with van der Waals surface area (Å²) in [4.78, 5) is 24.1. The molecule has 0 aliphatic heterocycles. The van der Waals surface area contributed by atoms with E-state index in [9.17, 15) is 14.0 Å². The van der Waals surface area contributed by atoms with Crippen molar-refractivity contribution in [2.45, 2.75) is 6.42 Å². The van der Waals surface area contributed by atoms with E-state index in [2.05, 4.69) is 0 Å². The van der Waals surface area contributed by atoms with Gasteiger partial charge in [0.1, 0.15) is 11.6 Å². The van der Waals surface area contributed by atoms with Crippen LogP contribution in [0, 0.1) is 5.82 Å². The summed E-state index contributed by atoms with van der Waals surface area (Å²) >= 11 is 0. The number of halogens is 1. The van der Waals surface area contributed by atoms with Gasteiger partial charge in [-0.2, -0.15) is 0 Å². The van der Waals surface area contributed by atoms with E-state index in [1.54, 1.807) is 18.2 Å². The Labute approximate surface area is 154 Å². The van der Waals surface area contributed by atoms with Gasteiger partial charge in [-0.25, -0.2) is 14.0 Å². The molecule has 0 amide bonds. The molecule has 0 spiro atoms. The van der Waals surface area contributed by atoms with Crippen LogP contribution in [0.15, 0.2) is 51.7 Å². The van der Waals surface area contributed by atoms with Gasteiger partial charge in [-0.15, -0.1) is 0 Å². The molecule has 7 heteroatoms. The van der Waals surface area contributed by atoms with Gasteiger partial charge in [0.2, 0.25) is 0 Å². The number of rotatable bonds is 6. The van der Waals surface area contributed by atoms with Gasteiger partial charge in [0.05, 0.1) is 31.8 Å². The molecule has 1 aromatic heterocycles. The van der Waals surface area contributed by atoms with E-state index in [4.69, 9.17) is 18.6 Å². The standard InChI is InChI=1S/C20H17FO6/c1-24-17-10-13-9-15(27-20(23)16(13)11-18(17)25-2)7-8-26-19(22)12-3-5-14(21)6-4-12/h3-6,9-11H,7-8H2,1-2H3. The van der Waals surface area contributed by atoms with Gasteiger partial charge in [0.25, 0.3) is 0 Å². The first kappa shape index (κ1) is 18.4. The maximum absolute atomic E-state index is 12.9. The maximum Gasteiger partial charge on any atom is 0.343 e. The van der Waals surface area contributed by atoms with E-state index >= 15 is 0 Å². The summed E-state index contributed by atoms with van der Waals surface area (Å²) in [5.74, 6) is 0.273. The average molecular weight is 372 g/mol. The smallest absolute Gasteiger partial charge is 0.343 e. The molecule has 0 saturated heterocycles. The molecule has 0 N–H and O–H groups in total. The molecule has 0 radical (unpaired) electrons. The molecule has 0 aliphatic rings. The first-order valence-corrected chi connectivity index (χ1v) is 8.13. The maximum atomic E-state index is 12.9. The van der Waals surface area contributed by atoms with E-state index < -0.39 is 17.4 Å². The molecule has 6 nitrogen and oxygen atoms in total. The fourth-order valence-corrected chi connectivity index (χ4v) is 2.60. The Morgan fingerprint density at radius 3 is 2.37 bits per heavy atom. The summed E-state index contributed by atoms with van der Waals surface area (Å²) in [6.45, 7) is 0.0119. The number of esters is 1. The van der Waals surface area contributed by atoms with E-state index in [1.165, 1.54) is 38.5 Å². The van der Waals surface area contributed by atoms with Gasteiger partial charge in [0.15, 0.2) is 11.5 Å². The lowest BCUT2D eigenvalue weighted by Gasteiger charge is -2.09. The van der Waals surface area contributed by atoms with Crippen molar-refractivity contribution >= 4 is 16.7 Å². The lowest BCUT2D eigenvalue weighted by Crippen LogP contribution is -2.10. The van der Waals surface area contributed by atoms with Crippen LogP contribution in [0.2, 0.25) is 0 Å². The van der Waals surface area contributed by atoms with Gasteiger partial charge >= 0.3 is 11.6 Å². The number of carbonyl (C=O) groups excluding carboxylic acids is 1. The lowest BCUT2D eigenvalue weighted by atomic mass is 10.1. The van der Waals surface area contributed by atoms with Crippen LogP contribution in [0.5, 0.6) is 11.5 Å². The molecule has 0 unspecified atom stereocenters. The van der Waals surface area contributed by atoms with Crippen LogP contribution in [-0.2, 0) is 11.2 Å². The molecule has 27 heavy (non-hydrogen) atoms. The highest BCUT2D eigenvalue weighted by molar-refractivity contribution is 5.89. The van der Waals surface area contributed by atoms with Crippen LogP contribution in [0.3, 0.4) is 0 Å². The molecule has 0 saturated carbocycles. The second-order valence-electron chi connectivity index (χ2n) is 5.69. The minimum atomic E-state index is -0.579. The van der Waals surface area contributed by atoms with Crippen LogP contribution < -0.4 is 15.1 Å². The second kappa shape index (κ2) is 7.90. The fraction of sp³-hybridized carbons (Fsp3) is 0.200. The van der Waals surface area contributed by atoms with Crippen molar-refractivity contribution in [3.8, 4) is 11.5 Å². The quantitative estimate of drug-likeness (QED) is 0.618. The van der Waals surface area contributed by atoms with Gasteiger partial charge in [-0.05, 0) is 47.9 Å². The van der Waals surface area contributed by atoms with Crippen LogP contribution >= 0.6 is 0 Å². The summed E-state index contributed by atoms with van der Waals surface area (Å²) in [7, 11) is 2.99. The zero-order valence-electron chi connectivity index (χ0n) is 14.8. The number of hydrogen-bond donors (Lipinski definition) is 0. The first-order valence-electron chi connectivity index (χ1n) is 8.13. The molecule has 0 bridgehead atoms. The Bertz CT molecular complexity index is 1020. The molecule has 0 aliphatic carbocycles. The minimum absolute atomic E-state index is 0.0119. The summed E-state index contributed by atoms with van der Waals surface area (Å²) in [6.07, 6.45) is 0.215. The third-order valence-corrected chi connectivity index (χ3v) is 3.98. The highest BCUT2D eigenvalue weighted by atomic mass is 19.1. The molecule has 3 rings (SSSR count). The van der Waals surface area contributed by atoms with Crippen molar-refractivity contribution in [3.63, 3.8) is 0 Å². The summed E-state index contributed by atoms with van der Waals surface area (Å²) in [5, 5.41) is 0.989. The normalized spacial score (nSPS) is 10.6. The fourth-order valence-electron chi connectivity index (χ4n) is 2.60. The SMILES string of the molecule is COc1cc2cc(CCOC(=O)c3ccc(F)cc3)oc(=O)c2cc1OC. The van der Waals surface area contributed by atoms with Crippen molar-refractivity contribution < 1.29 is 27.8 Å². The minimum Gasteiger partial charge on any atom is -0.493 e. The van der Waals surface area contributed by atoms with E-state index in [1.807, 2.05) is 0 Å². The average Bonchev–Trinajstić information content (AvgIpc) is 2.67. The molecule has 0 fully saturated rings. The highest BCUT2D eigenvalue weighted by Crippen LogP contribution is 2.31. The van der Waals surface area contributed by atoms with E-state index in [0.29, 0.717) is 28.0 Å². The molecule has 0 atom stereocenters. The Morgan fingerprint density at radius 2 is 1.70 bits per heavy atom. The second-order valence-corrected chi connectivity index (χ2v) is 5.69. The van der Waals surface area contributed by atoms with Crippen LogP contribution in [-0.4, -0.2) is 26.8 Å². The van der Waals surface area contributed by atoms with Crippen molar-refractivity contribution in [1.29, 1.82) is 0 Å². The molecule has 140 valence electrons. The van der Waals surface area contributed by atoms with Gasteiger partial charge in [-0.3, -0.25) is 0 Å². The van der Waals surface area contributed by atoms with Crippen molar-refractivity contribution in [3.05, 3.63) is 70.0 Å². The molecular weight excluding hydrogens is 355 g/mol. The monoisotopic (exact) mass is 372 g/mol.